The van der Waals surface area contributed by atoms with Crippen molar-refractivity contribution in [2.24, 2.45) is 5.10 Å². The van der Waals surface area contributed by atoms with E-state index in [2.05, 4.69) is 20.7 Å². The summed E-state index contributed by atoms with van der Waals surface area (Å²) in [6, 6.07) is 10.1. The van der Waals surface area contributed by atoms with Gasteiger partial charge in [-0.15, -0.1) is 0 Å². The first-order valence-corrected chi connectivity index (χ1v) is 7.27. The average Bonchev–Trinajstić information content (AvgIpc) is 3.21. The number of hydrogen-bond acceptors (Lipinski definition) is 4. The lowest BCUT2D eigenvalue weighted by atomic mass is 10.1. The average molecular weight is 349 g/mol. The first kappa shape index (κ1) is 15.3. The molecule has 3 rings (SSSR count). The Balaban J connectivity index is 1.70. The van der Waals surface area contributed by atoms with Crippen LogP contribution < -0.4 is 5.43 Å². The van der Waals surface area contributed by atoms with E-state index < -0.39 is 5.91 Å². The molecule has 0 saturated heterocycles. The topological polar surface area (TPSA) is 83.3 Å². The number of hydrazone groups is 1. The fourth-order valence-corrected chi connectivity index (χ4v) is 2.12. The molecular weight excluding hydrogens is 339 g/mol. The molecule has 0 aliphatic heterocycles. The zero-order valence-corrected chi connectivity index (χ0v) is 13.1. The van der Waals surface area contributed by atoms with Crippen molar-refractivity contribution >= 4 is 35.3 Å². The molecule has 0 aliphatic carbocycles. The molecule has 2 aromatic heterocycles. The Morgan fingerprint density at radius 3 is 2.87 bits per heavy atom. The van der Waals surface area contributed by atoms with E-state index in [1.54, 1.807) is 36.4 Å². The highest BCUT2D eigenvalue weighted by Crippen LogP contribution is 2.27. The van der Waals surface area contributed by atoms with Gasteiger partial charge in [-0.2, -0.15) is 10.2 Å². The van der Waals surface area contributed by atoms with Gasteiger partial charge in [0.15, 0.2) is 0 Å². The van der Waals surface area contributed by atoms with Gasteiger partial charge in [-0.1, -0.05) is 29.3 Å². The molecule has 0 atom stereocenters. The smallest absolute Gasteiger partial charge is 0.289 e. The number of benzene rings is 1. The highest BCUT2D eigenvalue weighted by molar-refractivity contribution is 6.42. The van der Waals surface area contributed by atoms with Crippen LogP contribution in [0.5, 0.6) is 0 Å². The van der Waals surface area contributed by atoms with E-state index in [-0.39, 0.29) is 5.69 Å². The summed E-state index contributed by atoms with van der Waals surface area (Å²) in [4.78, 5) is 12.0. The number of aromatic nitrogens is 2. The van der Waals surface area contributed by atoms with Crippen LogP contribution in [0.2, 0.25) is 10.0 Å². The molecule has 23 heavy (non-hydrogen) atoms. The Morgan fingerprint density at radius 2 is 2.13 bits per heavy atom. The van der Waals surface area contributed by atoms with Crippen molar-refractivity contribution in [2.75, 3.05) is 0 Å². The predicted octanol–water partition coefficient (Wildman–Crippen LogP) is 3.74. The maximum absolute atomic E-state index is 12.0. The summed E-state index contributed by atoms with van der Waals surface area (Å²) in [7, 11) is 0. The number of rotatable bonds is 4. The molecule has 0 radical (unpaired) electrons. The summed E-state index contributed by atoms with van der Waals surface area (Å²) in [6.45, 7) is 0. The molecular formula is C15H10Cl2N4O2. The van der Waals surface area contributed by atoms with Gasteiger partial charge in [0.2, 0.25) is 0 Å². The maximum Gasteiger partial charge on any atom is 0.289 e. The molecule has 1 amide bonds. The molecule has 0 aliphatic rings. The Hall–Kier alpha value is -2.57. The first-order chi connectivity index (χ1) is 11.1. The number of furan rings is 1. The van der Waals surface area contributed by atoms with Crippen LogP contribution in [-0.2, 0) is 0 Å². The Kier molecular flexibility index (Phi) is 4.45. The number of halogens is 2. The van der Waals surface area contributed by atoms with Crippen molar-refractivity contribution in [1.29, 1.82) is 0 Å². The lowest BCUT2D eigenvalue weighted by Gasteiger charge is -1.98. The van der Waals surface area contributed by atoms with Gasteiger partial charge in [0.25, 0.3) is 5.91 Å². The number of nitrogens with one attached hydrogen (secondary N) is 2. The lowest BCUT2D eigenvalue weighted by Crippen LogP contribution is -2.17. The molecule has 0 bridgehead atoms. The summed E-state index contributed by atoms with van der Waals surface area (Å²) in [5.41, 5.74) is 3.96. The van der Waals surface area contributed by atoms with E-state index in [0.29, 0.717) is 21.5 Å². The Labute approximate surface area is 141 Å². The molecule has 0 saturated carbocycles. The standard InChI is InChI=1S/C15H10Cl2N4O2/c16-11-4-3-9(6-12(11)17)13-7-14(20-19-13)15(22)21-18-8-10-2-1-5-23-10/h1-8H,(H,19,20)(H,21,22)/b18-8-. The van der Waals surface area contributed by atoms with E-state index in [1.165, 1.54) is 12.5 Å². The third-order valence-electron chi connectivity index (χ3n) is 2.94. The molecule has 0 spiro atoms. The molecule has 2 N–H and O–H groups in total. The van der Waals surface area contributed by atoms with Gasteiger partial charge in [0, 0.05) is 5.56 Å². The number of amides is 1. The van der Waals surface area contributed by atoms with Crippen LogP contribution in [0.15, 0.2) is 52.2 Å². The normalized spacial score (nSPS) is 11.0. The third kappa shape index (κ3) is 3.61. The molecule has 1 aromatic carbocycles. The second-order valence-electron chi connectivity index (χ2n) is 4.51. The molecule has 8 heteroatoms. The van der Waals surface area contributed by atoms with Crippen LogP contribution in [0, 0.1) is 0 Å². The van der Waals surface area contributed by atoms with Gasteiger partial charge in [-0.05, 0) is 30.3 Å². The van der Waals surface area contributed by atoms with Crippen molar-refractivity contribution in [3.05, 3.63) is 64.2 Å². The van der Waals surface area contributed by atoms with Crippen molar-refractivity contribution in [3.8, 4) is 11.3 Å². The van der Waals surface area contributed by atoms with Crippen molar-refractivity contribution < 1.29 is 9.21 Å². The molecule has 116 valence electrons. The van der Waals surface area contributed by atoms with Gasteiger partial charge in [-0.25, -0.2) is 5.43 Å². The number of hydrogen-bond donors (Lipinski definition) is 2. The minimum atomic E-state index is -0.424. The van der Waals surface area contributed by atoms with Gasteiger partial charge < -0.3 is 4.42 Å². The Bertz CT molecular complexity index is 856. The van der Waals surface area contributed by atoms with Gasteiger partial charge >= 0.3 is 0 Å². The summed E-state index contributed by atoms with van der Waals surface area (Å²) in [5.74, 6) is 0.109. The molecule has 6 nitrogen and oxygen atoms in total. The summed E-state index contributed by atoms with van der Waals surface area (Å²) in [5, 5.41) is 11.4. The van der Waals surface area contributed by atoms with Crippen LogP contribution in [0.25, 0.3) is 11.3 Å². The summed E-state index contributed by atoms with van der Waals surface area (Å²) in [6.07, 6.45) is 2.91. The zero-order valence-electron chi connectivity index (χ0n) is 11.6. The van der Waals surface area contributed by atoms with Crippen LogP contribution in [0.4, 0.5) is 0 Å². The number of carbonyl (C=O) groups is 1. The first-order valence-electron chi connectivity index (χ1n) is 6.51. The van der Waals surface area contributed by atoms with E-state index in [1.807, 2.05) is 0 Å². The minimum Gasteiger partial charge on any atom is -0.463 e. The van der Waals surface area contributed by atoms with Crippen LogP contribution in [0.1, 0.15) is 16.2 Å². The third-order valence-corrected chi connectivity index (χ3v) is 3.68. The molecule has 3 aromatic rings. The number of aromatic amines is 1. The van der Waals surface area contributed by atoms with E-state index in [0.717, 1.165) is 5.56 Å². The fraction of sp³-hybridized carbons (Fsp3) is 0. The van der Waals surface area contributed by atoms with Crippen LogP contribution in [-0.4, -0.2) is 22.3 Å². The second-order valence-corrected chi connectivity index (χ2v) is 5.32. The van der Waals surface area contributed by atoms with E-state index >= 15 is 0 Å². The predicted molar refractivity (Wildman–Crippen MR) is 87.8 cm³/mol. The number of nitrogens with zero attached hydrogens (tertiary/aromatic N) is 2. The van der Waals surface area contributed by atoms with Crippen LogP contribution in [0.3, 0.4) is 0 Å². The number of carbonyl (C=O) groups excluding carboxylic acids is 1. The quantitative estimate of drug-likeness (QED) is 0.556. The molecule has 0 unspecified atom stereocenters. The monoisotopic (exact) mass is 348 g/mol. The lowest BCUT2D eigenvalue weighted by molar-refractivity contribution is 0.0950. The molecule has 0 fully saturated rings. The highest BCUT2D eigenvalue weighted by Gasteiger charge is 2.11. The molecule has 2 heterocycles. The minimum absolute atomic E-state index is 0.266. The van der Waals surface area contributed by atoms with Gasteiger partial charge in [-0.3, -0.25) is 9.89 Å². The van der Waals surface area contributed by atoms with Crippen molar-refractivity contribution in [3.63, 3.8) is 0 Å². The van der Waals surface area contributed by atoms with Gasteiger partial charge in [0.1, 0.15) is 11.5 Å². The Morgan fingerprint density at radius 1 is 1.26 bits per heavy atom. The summed E-state index contributed by atoms with van der Waals surface area (Å²) < 4.78 is 5.06. The van der Waals surface area contributed by atoms with Crippen LogP contribution >= 0.6 is 23.2 Å². The van der Waals surface area contributed by atoms with E-state index in [9.17, 15) is 4.79 Å². The van der Waals surface area contributed by atoms with Crippen molar-refractivity contribution in [2.45, 2.75) is 0 Å². The van der Waals surface area contributed by atoms with E-state index in [4.69, 9.17) is 27.6 Å². The largest absolute Gasteiger partial charge is 0.463 e. The van der Waals surface area contributed by atoms with Crippen molar-refractivity contribution in [1.82, 2.24) is 15.6 Å². The SMILES string of the molecule is O=C(N/N=C\c1ccco1)c1cc(-c2ccc(Cl)c(Cl)c2)n[nH]1. The zero-order chi connectivity index (χ0) is 16.2. The second kappa shape index (κ2) is 6.68. The fourth-order valence-electron chi connectivity index (χ4n) is 1.82. The van der Waals surface area contributed by atoms with Gasteiger partial charge in [0.05, 0.1) is 28.2 Å². The highest BCUT2D eigenvalue weighted by atomic mass is 35.5. The summed E-state index contributed by atoms with van der Waals surface area (Å²) >= 11 is 11.8. The number of H-pyrrole nitrogens is 1. The maximum atomic E-state index is 12.0.